The van der Waals surface area contributed by atoms with Crippen LogP contribution in [0.15, 0.2) is 5.11 Å². The number of nitrogens with one attached hydrogen (secondary N) is 1. The number of azide groups is 1. The van der Waals surface area contributed by atoms with Crippen molar-refractivity contribution in [2.24, 2.45) is 5.11 Å². The van der Waals surface area contributed by atoms with Crippen LogP contribution < -0.4 is 5.32 Å². The van der Waals surface area contributed by atoms with E-state index < -0.39 is 0 Å². The Morgan fingerprint density at radius 2 is 2.13 bits per heavy atom. The molecule has 1 N–H and O–H groups in total. The Hall–Kier alpha value is -1.17. The van der Waals surface area contributed by atoms with E-state index in [-0.39, 0.29) is 6.04 Å². The summed E-state index contributed by atoms with van der Waals surface area (Å²) in [6.45, 7) is 1.00. The Morgan fingerprint density at radius 1 is 1.40 bits per heavy atom. The molecule has 82 valence electrons. The molecule has 0 aromatic heterocycles. The van der Waals surface area contributed by atoms with Crippen LogP contribution in [0, 0.1) is 12.3 Å². The van der Waals surface area contributed by atoms with Crippen molar-refractivity contribution in [2.75, 3.05) is 6.54 Å². The van der Waals surface area contributed by atoms with Crippen molar-refractivity contribution in [3.8, 4) is 12.3 Å². The van der Waals surface area contributed by atoms with Crippen LogP contribution in [0.3, 0.4) is 0 Å². The molecule has 0 saturated heterocycles. The average Bonchev–Trinajstić information content (AvgIpc) is 2.27. The van der Waals surface area contributed by atoms with E-state index in [1.54, 1.807) is 0 Å². The SMILES string of the molecule is C#CCCCN[C@H]1CC[C@@H](N=[N+]=[N-])CC1. The molecule has 1 saturated carbocycles. The first-order valence-electron chi connectivity index (χ1n) is 5.58. The average molecular weight is 206 g/mol. The molecule has 0 bridgehead atoms. The number of nitrogens with zero attached hydrogens (tertiary/aromatic N) is 3. The third kappa shape index (κ3) is 4.73. The normalized spacial score (nSPS) is 25.3. The maximum absolute atomic E-state index is 8.31. The van der Waals surface area contributed by atoms with Gasteiger partial charge in [-0.05, 0) is 44.2 Å². The van der Waals surface area contributed by atoms with Gasteiger partial charge in [0, 0.05) is 23.4 Å². The van der Waals surface area contributed by atoms with Crippen LogP contribution in [0.25, 0.3) is 10.4 Å². The summed E-state index contributed by atoms with van der Waals surface area (Å²) in [5.41, 5.74) is 8.31. The molecule has 0 heterocycles. The molecule has 0 aromatic rings. The van der Waals surface area contributed by atoms with E-state index in [0.717, 1.165) is 45.1 Å². The maximum Gasteiger partial charge on any atom is 0.0375 e. The minimum atomic E-state index is 0.221. The fourth-order valence-corrected chi connectivity index (χ4v) is 1.97. The summed E-state index contributed by atoms with van der Waals surface area (Å²) in [7, 11) is 0. The zero-order chi connectivity index (χ0) is 10.9. The Kier molecular flexibility index (Phi) is 5.69. The van der Waals surface area contributed by atoms with Gasteiger partial charge in [-0.3, -0.25) is 0 Å². The Bertz CT molecular complexity index is 254. The lowest BCUT2D eigenvalue weighted by atomic mass is 9.92. The molecule has 4 heteroatoms. The van der Waals surface area contributed by atoms with Gasteiger partial charge < -0.3 is 5.32 Å². The van der Waals surface area contributed by atoms with Crippen LogP contribution >= 0.6 is 0 Å². The molecule has 0 radical (unpaired) electrons. The Labute approximate surface area is 91.1 Å². The van der Waals surface area contributed by atoms with Crippen LogP contribution in [-0.2, 0) is 0 Å². The molecule has 1 fully saturated rings. The van der Waals surface area contributed by atoms with Crippen LogP contribution in [0.5, 0.6) is 0 Å². The van der Waals surface area contributed by atoms with Crippen LogP contribution in [0.4, 0.5) is 0 Å². The second-order valence-electron chi connectivity index (χ2n) is 3.97. The van der Waals surface area contributed by atoms with Gasteiger partial charge in [-0.2, -0.15) is 0 Å². The van der Waals surface area contributed by atoms with Gasteiger partial charge in [0.2, 0.25) is 0 Å². The molecule has 1 aliphatic carbocycles. The number of hydrogen-bond donors (Lipinski definition) is 1. The fourth-order valence-electron chi connectivity index (χ4n) is 1.97. The molecule has 4 nitrogen and oxygen atoms in total. The molecule has 0 unspecified atom stereocenters. The van der Waals surface area contributed by atoms with E-state index in [9.17, 15) is 0 Å². The zero-order valence-electron chi connectivity index (χ0n) is 9.02. The highest BCUT2D eigenvalue weighted by Crippen LogP contribution is 2.21. The summed E-state index contributed by atoms with van der Waals surface area (Å²) < 4.78 is 0. The van der Waals surface area contributed by atoms with Crippen LogP contribution in [0.2, 0.25) is 0 Å². The van der Waals surface area contributed by atoms with Gasteiger partial charge in [0.15, 0.2) is 0 Å². The summed E-state index contributed by atoms with van der Waals surface area (Å²) in [4.78, 5) is 2.85. The number of hydrogen-bond acceptors (Lipinski definition) is 2. The lowest BCUT2D eigenvalue weighted by Gasteiger charge is -2.26. The summed E-state index contributed by atoms with van der Waals surface area (Å²) in [5, 5.41) is 7.24. The predicted molar refractivity (Wildman–Crippen MR) is 61.3 cm³/mol. The molecule has 1 rings (SSSR count). The van der Waals surface area contributed by atoms with Crippen molar-refractivity contribution in [3.05, 3.63) is 10.4 Å². The van der Waals surface area contributed by atoms with Gasteiger partial charge in [-0.1, -0.05) is 5.11 Å². The van der Waals surface area contributed by atoms with Crippen molar-refractivity contribution in [2.45, 2.75) is 50.6 Å². The smallest absolute Gasteiger partial charge is 0.0375 e. The lowest BCUT2D eigenvalue weighted by Crippen LogP contribution is -2.34. The quantitative estimate of drug-likeness (QED) is 0.243. The van der Waals surface area contributed by atoms with Gasteiger partial charge in [0.1, 0.15) is 0 Å². The maximum atomic E-state index is 8.31. The number of rotatable bonds is 5. The van der Waals surface area contributed by atoms with Crippen molar-refractivity contribution in [1.29, 1.82) is 0 Å². The molecule has 1 aliphatic rings. The van der Waals surface area contributed by atoms with E-state index in [1.165, 1.54) is 0 Å². The molecule has 0 spiro atoms. The molecule has 0 atom stereocenters. The fraction of sp³-hybridized carbons (Fsp3) is 0.818. The molecule has 0 amide bonds. The molecular weight excluding hydrogens is 188 g/mol. The van der Waals surface area contributed by atoms with Crippen molar-refractivity contribution < 1.29 is 0 Å². The van der Waals surface area contributed by atoms with Gasteiger partial charge >= 0.3 is 0 Å². The monoisotopic (exact) mass is 206 g/mol. The second kappa shape index (κ2) is 7.17. The number of unbranched alkanes of at least 4 members (excludes halogenated alkanes) is 1. The van der Waals surface area contributed by atoms with E-state index in [0.29, 0.717) is 6.04 Å². The highest BCUT2D eigenvalue weighted by atomic mass is 15.1. The molecular formula is C11H18N4. The summed E-state index contributed by atoms with van der Waals surface area (Å²) in [5.74, 6) is 2.63. The highest BCUT2D eigenvalue weighted by molar-refractivity contribution is 4.84. The first-order valence-corrected chi connectivity index (χ1v) is 5.58. The van der Waals surface area contributed by atoms with Crippen molar-refractivity contribution in [1.82, 2.24) is 5.32 Å². The Balaban J connectivity index is 2.09. The topological polar surface area (TPSA) is 60.8 Å². The molecule has 0 aliphatic heterocycles. The second-order valence-corrected chi connectivity index (χ2v) is 3.97. The third-order valence-corrected chi connectivity index (χ3v) is 2.84. The highest BCUT2D eigenvalue weighted by Gasteiger charge is 2.19. The first-order chi connectivity index (χ1) is 7.36. The molecule has 0 aromatic carbocycles. The minimum absolute atomic E-state index is 0.221. The summed E-state index contributed by atoms with van der Waals surface area (Å²) in [6.07, 6.45) is 11.3. The summed E-state index contributed by atoms with van der Waals surface area (Å²) >= 11 is 0. The van der Waals surface area contributed by atoms with Gasteiger partial charge in [0.05, 0.1) is 0 Å². The zero-order valence-corrected chi connectivity index (χ0v) is 9.02. The standard InChI is InChI=1S/C11H18N4/c1-2-3-4-9-13-10-5-7-11(8-6-10)14-15-12/h1,10-11,13H,3-9H2/t10-,11+. The van der Waals surface area contributed by atoms with E-state index >= 15 is 0 Å². The minimum Gasteiger partial charge on any atom is -0.314 e. The Morgan fingerprint density at radius 3 is 2.73 bits per heavy atom. The largest absolute Gasteiger partial charge is 0.314 e. The van der Waals surface area contributed by atoms with E-state index in [4.69, 9.17) is 12.0 Å². The van der Waals surface area contributed by atoms with E-state index in [1.807, 2.05) is 0 Å². The lowest BCUT2D eigenvalue weighted by molar-refractivity contribution is 0.342. The summed E-state index contributed by atoms with van der Waals surface area (Å²) in [6, 6.07) is 0.812. The van der Waals surface area contributed by atoms with Gasteiger partial charge in [-0.25, -0.2) is 0 Å². The van der Waals surface area contributed by atoms with E-state index in [2.05, 4.69) is 21.3 Å². The van der Waals surface area contributed by atoms with Crippen molar-refractivity contribution >= 4 is 0 Å². The van der Waals surface area contributed by atoms with Crippen molar-refractivity contribution in [3.63, 3.8) is 0 Å². The number of terminal acetylenes is 1. The predicted octanol–water partition coefficient (Wildman–Crippen LogP) is 2.61. The van der Waals surface area contributed by atoms with Gasteiger partial charge in [-0.15, -0.1) is 12.3 Å². The third-order valence-electron chi connectivity index (χ3n) is 2.84. The first kappa shape index (κ1) is 11.9. The van der Waals surface area contributed by atoms with Crippen LogP contribution in [-0.4, -0.2) is 18.6 Å². The van der Waals surface area contributed by atoms with Gasteiger partial charge in [0.25, 0.3) is 0 Å². The van der Waals surface area contributed by atoms with Crippen LogP contribution in [0.1, 0.15) is 38.5 Å². The molecule has 15 heavy (non-hydrogen) atoms.